The molecule has 0 radical (unpaired) electrons. The summed E-state index contributed by atoms with van der Waals surface area (Å²) < 4.78 is 32.3. The van der Waals surface area contributed by atoms with Crippen LogP contribution in [0.1, 0.15) is 12.8 Å². The highest BCUT2D eigenvalue weighted by Gasteiger charge is 2.34. The number of benzene rings is 1. The van der Waals surface area contributed by atoms with Crippen molar-refractivity contribution >= 4 is 33.4 Å². The Morgan fingerprint density at radius 1 is 1.30 bits per heavy atom. The number of hydrogen-bond acceptors (Lipinski definition) is 5. The highest BCUT2D eigenvalue weighted by atomic mass is 35.5. The Morgan fingerprint density at radius 2 is 2.09 bits per heavy atom. The number of halogens is 1. The maximum atomic E-state index is 12.8. The predicted molar refractivity (Wildman–Crippen MR) is 90.6 cm³/mol. The van der Waals surface area contributed by atoms with Crippen LogP contribution in [0.4, 0.5) is 0 Å². The number of likely N-dealkylation sites (N-methyl/N-ethyl adjacent to an activating group) is 1. The molecule has 1 atom stereocenters. The molecule has 126 valence electrons. The van der Waals surface area contributed by atoms with Crippen LogP contribution in [-0.2, 0) is 10.0 Å². The van der Waals surface area contributed by atoms with Gasteiger partial charge in [-0.05, 0) is 44.2 Å². The van der Waals surface area contributed by atoms with Crippen molar-refractivity contribution in [1.29, 1.82) is 0 Å². The molecule has 6 nitrogen and oxygen atoms in total. The molecule has 23 heavy (non-hydrogen) atoms. The second kappa shape index (κ2) is 7.00. The minimum absolute atomic E-state index is 0. The van der Waals surface area contributed by atoms with Crippen LogP contribution in [0, 0.1) is 0 Å². The monoisotopic (exact) mass is 358 g/mol. The van der Waals surface area contributed by atoms with Crippen LogP contribution in [0.2, 0.25) is 0 Å². The fraction of sp³-hybridized carbons (Fsp3) is 0.400. The minimum atomic E-state index is -3.54. The largest absolute Gasteiger partial charge is 0.423 e. The molecule has 0 amide bonds. The Kier molecular flexibility index (Phi) is 5.46. The van der Waals surface area contributed by atoms with Crippen molar-refractivity contribution in [3.63, 3.8) is 0 Å². The maximum Gasteiger partial charge on any atom is 0.336 e. The van der Waals surface area contributed by atoms with Gasteiger partial charge in [0.05, 0.1) is 4.90 Å². The Hall–Kier alpha value is -1.41. The van der Waals surface area contributed by atoms with Gasteiger partial charge in [0.15, 0.2) is 0 Å². The number of hydrogen-bond donors (Lipinski definition) is 1. The molecule has 3 rings (SSSR count). The zero-order valence-electron chi connectivity index (χ0n) is 12.7. The summed E-state index contributed by atoms with van der Waals surface area (Å²) in [5.74, 6) is 0. The topological polar surface area (TPSA) is 79.6 Å². The summed E-state index contributed by atoms with van der Waals surface area (Å²) in [5.41, 5.74) is -0.0589. The summed E-state index contributed by atoms with van der Waals surface area (Å²) in [5, 5.41) is 3.65. The molecule has 1 saturated heterocycles. The van der Waals surface area contributed by atoms with Gasteiger partial charge in [-0.15, -0.1) is 12.4 Å². The number of nitrogens with zero attached hydrogens (tertiary/aromatic N) is 1. The molecule has 1 aliphatic rings. The van der Waals surface area contributed by atoms with Crippen LogP contribution < -0.4 is 10.9 Å². The van der Waals surface area contributed by atoms with Crippen LogP contribution in [0.5, 0.6) is 0 Å². The van der Waals surface area contributed by atoms with E-state index >= 15 is 0 Å². The van der Waals surface area contributed by atoms with E-state index < -0.39 is 15.6 Å². The molecule has 1 fully saturated rings. The average Bonchev–Trinajstić information content (AvgIpc) is 2.96. The molecule has 1 aliphatic heterocycles. The third-order valence-corrected chi connectivity index (χ3v) is 5.91. The number of fused-ring (bicyclic) bond motifs is 1. The van der Waals surface area contributed by atoms with Crippen LogP contribution in [-0.4, -0.2) is 38.9 Å². The highest BCUT2D eigenvalue weighted by Crippen LogP contribution is 2.27. The standard InChI is InChI=1S/C15H18N2O4S.ClH/c1-16-10-12-3-2-8-17(12)22(19,20)13-5-6-14-11(9-13)4-7-15(18)21-14;/h4-7,9,12,16H,2-3,8,10H2,1H3;1H. The predicted octanol–water partition coefficient (Wildman–Crippen LogP) is 1.59. The van der Waals surface area contributed by atoms with Gasteiger partial charge in [-0.2, -0.15) is 4.31 Å². The Morgan fingerprint density at radius 3 is 2.83 bits per heavy atom. The maximum absolute atomic E-state index is 12.8. The number of rotatable bonds is 4. The quantitative estimate of drug-likeness (QED) is 0.839. The van der Waals surface area contributed by atoms with Crippen molar-refractivity contribution in [2.24, 2.45) is 0 Å². The van der Waals surface area contributed by atoms with Crippen molar-refractivity contribution in [3.8, 4) is 0 Å². The molecule has 2 heterocycles. The van der Waals surface area contributed by atoms with Crippen LogP contribution in [0.3, 0.4) is 0 Å². The van der Waals surface area contributed by atoms with Crippen molar-refractivity contribution in [1.82, 2.24) is 9.62 Å². The highest BCUT2D eigenvalue weighted by molar-refractivity contribution is 7.89. The molecule has 1 N–H and O–H groups in total. The van der Waals surface area contributed by atoms with E-state index in [1.54, 1.807) is 16.4 Å². The molecular formula is C15H19ClN2O4S. The first kappa shape index (κ1) is 17.9. The summed E-state index contributed by atoms with van der Waals surface area (Å²) >= 11 is 0. The molecule has 0 bridgehead atoms. The molecule has 2 aromatic rings. The molecular weight excluding hydrogens is 340 g/mol. The zero-order chi connectivity index (χ0) is 15.7. The second-order valence-electron chi connectivity index (χ2n) is 5.42. The fourth-order valence-corrected chi connectivity index (χ4v) is 4.64. The lowest BCUT2D eigenvalue weighted by Gasteiger charge is -2.24. The molecule has 1 unspecified atom stereocenters. The van der Waals surface area contributed by atoms with Gasteiger partial charge in [0.2, 0.25) is 10.0 Å². The van der Waals surface area contributed by atoms with Gasteiger partial charge >= 0.3 is 5.63 Å². The van der Waals surface area contributed by atoms with E-state index in [1.165, 1.54) is 18.2 Å². The molecule has 1 aromatic carbocycles. The van der Waals surface area contributed by atoms with Crippen LogP contribution in [0.15, 0.2) is 44.4 Å². The molecule has 0 saturated carbocycles. The lowest BCUT2D eigenvalue weighted by molar-refractivity contribution is 0.379. The third-order valence-electron chi connectivity index (χ3n) is 3.96. The van der Waals surface area contributed by atoms with Crippen molar-refractivity contribution < 1.29 is 12.8 Å². The van der Waals surface area contributed by atoms with Crippen LogP contribution in [0.25, 0.3) is 11.0 Å². The second-order valence-corrected chi connectivity index (χ2v) is 7.31. The molecule has 1 aromatic heterocycles. The first-order valence-corrected chi connectivity index (χ1v) is 8.67. The van der Waals surface area contributed by atoms with E-state index in [0.29, 0.717) is 24.1 Å². The lowest BCUT2D eigenvalue weighted by Crippen LogP contribution is -2.40. The van der Waals surface area contributed by atoms with E-state index in [2.05, 4.69) is 5.32 Å². The molecule has 0 spiro atoms. The van der Waals surface area contributed by atoms with E-state index in [1.807, 2.05) is 7.05 Å². The average molecular weight is 359 g/mol. The summed E-state index contributed by atoms with van der Waals surface area (Å²) in [6.07, 6.45) is 1.73. The Labute approximate surface area is 140 Å². The van der Waals surface area contributed by atoms with Gasteiger partial charge in [0.25, 0.3) is 0 Å². The van der Waals surface area contributed by atoms with Crippen LogP contribution >= 0.6 is 12.4 Å². The zero-order valence-corrected chi connectivity index (χ0v) is 14.3. The third kappa shape index (κ3) is 3.42. The van der Waals surface area contributed by atoms with Crippen molar-refractivity contribution in [2.45, 2.75) is 23.8 Å². The smallest absolute Gasteiger partial charge is 0.336 e. The fourth-order valence-electron chi connectivity index (χ4n) is 2.91. The number of nitrogens with one attached hydrogen (secondary N) is 1. The summed E-state index contributed by atoms with van der Waals surface area (Å²) in [6.45, 7) is 1.18. The summed E-state index contributed by atoms with van der Waals surface area (Å²) in [4.78, 5) is 11.4. The van der Waals surface area contributed by atoms with E-state index in [-0.39, 0.29) is 23.3 Å². The molecule has 0 aliphatic carbocycles. The normalized spacial score (nSPS) is 18.9. The van der Waals surface area contributed by atoms with Gasteiger partial charge in [0.1, 0.15) is 5.58 Å². The Balaban J connectivity index is 0.00000192. The van der Waals surface area contributed by atoms with Crippen molar-refractivity contribution in [3.05, 3.63) is 40.8 Å². The molecule has 8 heteroatoms. The van der Waals surface area contributed by atoms with Gasteiger partial charge < -0.3 is 9.73 Å². The lowest BCUT2D eigenvalue weighted by atomic mass is 10.2. The SMILES string of the molecule is CNCC1CCCN1S(=O)(=O)c1ccc2oc(=O)ccc2c1.Cl. The van der Waals surface area contributed by atoms with E-state index in [4.69, 9.17) is 4.42 Å². The summed E-state index contributed by atoms with van der Waals surface area (Å²) in [7, 11) is -1.72. The van der Waals surface area contributed by atoms with E-state index in [9.17, 15) is 13.2 Å². The van der Waals surface area contributed by atoms with Gasteiger partial charge in [-0.3, -0.25) is 0 Å². The first-order chi connectivity index (χ1) is 10.5. The van der Waals surface area contributed by atoms with Crippen molar-refractivity contribution in [2.75, 3.05) is 20.1 Å². The van der Waals surface area contributed by atoms with Gasteiger partial charge in [0, 0.05) is 30.6 Å². The van der Waals surface area contributed by atoms with Gasteiger partial charge in [-0.1, -0.05) is 0 Å². The Bertz CT molecular complexity index is 850. The van der Waals surface area contributed by atoms with E-state index in [0.717, 1.165) is 12.8 Å². The first-order valence-electron chi connectivity index (χ1n) is 7.23. The summed E-state index contributed by atoms with van der Waals surface area (Å²) in [6, 6.07) is 7.44. The van der Waals surface area contributed by atoms with Gasteiger partial charge in [-0.25, -0.2) is 13.2 Å². The minimum Gasteiger partial charge on any atom is -0.423 e. The number of sulfonamides is 1.